The molecule has 1 saturated carbocycles. The topological polar surface area (TPSA) is 101 Å². The Morgan fingerprint density at radius 3 is 2.41 bits per heavy atom. The molecule has 0 bridgehead atoms. The van der Waals surface area contributed by atoms with E-state index in [0.717, 1.165) is 53.9 Å². The number of nitrogens with zero attached hydrogens (tertiary/aromatic N) is 4. The molecule has 2 atom stereocenters. The first-order valence-electron chi connectivity index (χ1n) is 19.3. The first kappa shape index (κ1) is 39.1. The highest BCUT2D eigenvalue weighted by Gasteiger charge is 2.44. The summed E-state index contributed by atoms with van der Waals surface area (Å²) < 4.78 is 22.8. The SMILES string of the molecule is COCCCN1C(=O)COc2ccc(N(C(=O)[C@H]3CN(C(=O)OC(C)(C)C)CC[C@@H]3c3cccc(-c4ccc(OCCCN(C)C)cc4)c3)C3CC3)cc21. The normalized spacial score (nSPS) is 18.6. The lowest BCUT2D eigenvalue weighted by Gasteiger charge is -2.41. The van der Waals surface area contributed by atoms with Gasteiger partial charge in [-0.1, -0.05) is 36.4 Å². The Morgan fingerprint density at radius 2 is 1.70 bits per heavy atom. The van der Waals surface area contributed by atoms with Crippen LogP contribution in [-0.4, -0.2) is 107 Å². The molecule has 3 aromatic rings. The largest absolute Gasteiger partial charge is 0.494 e. The van der Waals surface area contributed by atoms with Crippen molar-refractivity contribution in [2.45, 2.75) is 70.4 Å². The predicted molar refractivity (Wildman–Crippen MR) is 210 cm³/mol. The smallest absolute Gasteiger partial charge is 0.410 e. The fourth-order valence-electron chi connectivity index (χ4n) is 7.34. The van der Waals surface area contributed by atoms with E-state index in [1.54, 1.807) is 16.9 Å². The van der Waals surface area contributed by atoms with E-state index in [4.69, 9.17) is 18.9 Å². The molecular formula is C43H56N4O7. The Bertz CT molecular complexity index is 1770. The maximum atomic E-state index is 15.1. The summed E-state index contributed by atoms with van der Waals surface area (Å²) in [6.07, 6.45) is 3.59. The molecule has 290 valence electrons. The second-order valence-corrected chi connectivity index (χ2v) is 15.9. The Morgan fingerprint density at radius 1 is 0.926 bits per heavy atom. The monoisotopic (exact) mass is 740 g/mol. The maximum Gasteiger partial charge on any atom is 0.410 e. The molecular weight excluding hydrogens is 684 g/mol. The molecule has 0 aromatic heterocycles. The van der Waals surface area contributed by atoms with E-state index < -0.39 is 17.6 Å². The van der Waals surface area contributed by atoms with Gasteiger partial charge in [-0.05, 0) is 120 Å². The van der Waals surface area contributed by atoms with Crippen molar-refractivity contribution in [1.82, 2.24) is 9.80 Å². The van der Waals surface area contributed by atoms with E-state index in [2.05, 4.69) is 55.4 Å². The summed E-state index contributed by atoms with van der Waals surface area (Å²) in [5.74, 6) is 0.640. The molecule has 0 unspecified atom stereocenters. The van der Waals surface area contributed by atoms with Gasteiger partial charge in [0.25, 0.3) is 5.91 Å². The van der Waals surface area contributed by atoms with Gasteiger partial charge < -0.3 is 38.5 Å². The van der Waals surface area contributed by atoms with Crippen LogP contribution in [0.2, 0.25) is 0 Å². The zero-order chi connectivity index (χ0) is 38.4. The highest BCUT2D eigenvalue weighted by Crippen LogP contribution is 2.43. The van der Waals surface area contributed by atoms with Crippen LogP contribution in [-0.2, 0) is 19.1 Å². The standard InChI is InChI=1S/C43H56N4O7/c1-43(2,3)54-42(50)45-23-20-36(32-11-7-10-31(26-32)30-12-17-35(18-13-30)52-25-8-21-44(4)5)37(28-45)41(49)47(33-14-15-33)34-16-19-39-38(27-34)46(22-9-24-51-6)40(48)29-53-39/h7,10-13,16-19,26-27,33,36-37H,8-9,14-15,20-25,28-29H2,1-6H3/t36-,37+/m1/s1. The number of hydrogen-bond donors (Lipinski definition) is 0. The third-order valence-corrected chi connectivity index (χ3v) is 10.1. The molecule has 0 radical (unpaired) electrons. The predicted octanol–water partition coefficient (Wildman–Crippen LogP) is 6.98. The molecule has 11 nitrogen and oxygen atoms in total. The lowest BCUT2D eigenvalue weighted by atomic mass is 9.78. The summed E-state index contributed by atoms with van der Waals surface area (Å²) >= 11 is 0. The van der Waals surface area contributed by atoms with Crippen LogP contribution in [0.4, 0.5) is 16.2 Å². The summed E-state index contributed by atoms with van der Waals surface area (Å²) in [5.41, 5.74) is 3.90. The van der Waals surface area contributed by atoms with Crippen LogP contribution >= 0.6 is 0 Å². The summed E-state index contributed by atoms with van der Waals surface area (Å²) in [7, 11) is 5.76. The molecule has 3 amide bonds. The number of anilines is 2. The number of benzene rings is 3. The first-order valence-corrected chi connectivity index (χ1v) is 19.3. The highest BCUT2D eigenvalue weighted by atomic mass is 16.6. The quantitative estimate of drug-likeness (QED) is 0.163. The summed E-state index contributed by atoms with van der Waals surface area (Å²) in [6, 6.07) is 22.3. The average molecular weight is 741 g/mol. The highest BCUT2D eigenvalue weighted by molar-refractivity contribution is 6.01. The second kappa shape index (κ2) is 17.2. The van der Waals surface area contributed by atoms with Crippen molar-refractivity contribution >= 4 is 29.3 Å². The molecule has 2 aliphatic heterocycles. The van der Waals surface area contributed by atoms with Gasteiger partial charge in [-0.15, -0.1) is 0 Å². The third kappa shape index (κ3) is 9.73. The van der Waals surface area contributed by atoms with Gasteiger partial charge in [0, 0.05) is 51.6 Å². The van der Waals surface area contributed by atoms with Crippen molar-refractivity contribution < 1.29 is 33.3 Å². The molecule has 0 N–H and O–H groups in total. The number of carbonyl (C=O) groups excluding carboxylic acids is 3. The first-order chi connectivity index (χ1) is 25.9. The Balaban J connectivity index is 1.29. The van der Waals surface area contributed by atoms with Crippen LogP contribution in [0.15, 0.2) is 66.7 Å². The number of likely N-dealkylation sites (tertiary alicyclic amines) is 1. The van der Waals surface area contributed by atoms with Gasteiger partial charge >= 0.3 is 6.09 Å². The third-order valence-electron chi connectivity index (χ3n) is 10.1. The van der Waals surface area contributed by atoms with Gasteiger partial charge in [0.15, 0.2) is 6.61 Å². The molecule has 2 heterocycles. The molecule has 3 aliphatic rings. The Kier molecular flexibility index (Phi) is 12.5. The number of fused-ring (bicyclic) bond motifs is 1. The van der Waals surface area contributed by atoms with Crippen molar-refractivity contribution in [1.29, 1.82) is 0 Å². The number of hydrogen-bond acceptors (Lipinski definition) is 8. The fourth-order valence-corrected chi connectivity index (χ4v) is 7.34. The Labute approximate surface area is 320 Å². The summed E-state index contributed by atoms with van der Waals surface area (Å²) in [4.78, 5) is 49.0. The number of carbonyl (C=O) groups is 3. The van der Waals surface area contributed by atoms with Gasteiger partial charge in [-0.3, -0.25) is 9.59 Å². The van der Waals surface area contributed by atoms with Gasteiger partial charge in [0.2, 0.25) is 5.91 Å². The molecule has 6 rings (SSSR count). The molecule has 3 aromatic carbocycles. The van der Waals surface area contributed by atoms with Crippen molar-refractivity contribution in [2.75, 3.05) is 77.0 Å². The molecule has 1 saturated heterocycles. The molecule has 11 heteroatoms. The van der Waals surface area contributed by atoms with Crippen molar-refractivity contribution in [3.05, 3.63) is 72.3 Å². The van der Waals surface area contributed by atoms with Crippen LogP contribution in [0.25, 0.3) is 11.1 Å². The Hall–Kier alpha value is -4.61. The van der Waals surface area contributed by atoms with Crippen molar-refractivity contribution in [2.24, 2.45) is 5.92 Å². The van der Waals surface area contributed by atoms with E-state index in [-0.39, 0.29) is 36.9 Å². The summed E-state index contributed by atoms with van der Waals surface area (Å²) in [6.45, 7) is 8.90. The summed E-state index contributed by atoms with van der Waals surface area (Å²) in [5, 5.41) is 0. The number of piperidine rings is 1. The average Bonchev–Trinajstić information content (AvgIpc) is 3.99. The van der Waals surface area contributed by atoms with Crippen LogP contribution in [0.1, 0.15) is 64.4 Å². The fraction of sp³-hybridized carbons (Fsp3) is 0.512. The van der Waals surface area contributed by atoms with Gasteiger partial charge in [0.1, 0.15) is 17.1 Å². The number of ether oxygens (including phenoxy) is 4. The number of amides is 3. The zero-order valence-electron chi connectivity index (χ0n) is 32.7. The lowest BCUT2D eigenvalue weighted by Crippen LogP contribution is -2.51. The molecule has 0 spiro atoms. The van der Waals surface area contributed by atoms with E-state index in [1.807, 2.05) is 56.0 Å². The maximum absolute atomic E-state index is 15.1. The minimum Gasteiger partial charge on any atom is -0.494 e. The van der Waals surface area contributed by atoms with Crippen molar-refractivity contribution in [3.8, 4) is 22.6 Å². The zero-order valence-corrected chi connectivity index (χ0v) is 32.7. The van der Waals surface area contributed by atoms with Crippen LogP contribution in [0.3, 0.4) is 0 Å². The van der Waals surface area contributed by atoms with Gasteiger partial charge in [-0.2, -0.15) is 0 Å². The van der Waals surface area contributed by atoms with E-state index >= 15 is 4.79 Å². The molecule has 1 aliphatic carbocycles. The van der Waals surface area contributed by atoms with Gasteiger partial charge in [-0.25, -0.2) is 4.79 Å². The molecule has 54 heavy (non-hydrogen) atoms. The van der Waals surface area contributed by atoms with Crippen molar-refractivity contribution in [3.63, 3.8) is 0 Å². The van der Waals surface area contributed by atoms with Crippen LogP contribution in [0.5, 0.6) is 11.5 Å². The lowest BCUT2D eigenvalue weighted by molar-refractivity contribution is -0.124. The van der Waals surface area contributed by atoms with E-state index in [0.29, 0.717) is 50.6 Å². The van der Waals surface area contributed by atoms with E-state index in [9.17, 15) is 9.59 Å². The van der Waals surface area contributed by atoms with E-state index in [1.165, 1.54) is 0 Å². The minimum absolute atomic E-state index is 0.0249. The minimum atomic E-state index is -0.660. The number of rotatable bonds is 14. The van der Waals surface area contributed by atoms with Crippen LogP contribution in [0, 0.1) is 5.92 Å². The molecule has 2 fully saturated rings. The second-order valence-electron chi connectivity index (χ2n) is 15.9. The van der Waals surface area contributed by atoms with Gasteiger partial charge in [0.05, 0.1) is 18.2 Å². The number of methoxy groups -OCH3 is 1. The van der Waals surface area contributed by atoms with Crippen LogP contribution < -0.4 is 19.3 Å².